The number of hydrogen-bond acceptors (Lipinski definition) is 3. The molecule has 0 radical (unpaired) electrons. The van der Waals surface area contributed by atoms with Gasteiger partial charge in [-0.1, -0.05) is 12.2 Å². The van der Waals surface area contributed by atoms with Gasteiger partial charge in [0.15, 0.2) is 5.65 Å². The minimum absolute atomic E-state index is 0.731. The topological polar surface area (TPSA) is 54.5 Å². The first-order valence-electron chi connectivity index (χ1n) is 4.16. The Morgan fingerprint density at radius 1 is 1.46 bits per heavy atom. The fourth-order valence-electron chi connectivity index (χ4n) is 1.09. The molecule has 0 amide bonds. The van der Waals surface area contributed by atoms with Crippen molar-refractivity contribution in [2.24, 2.45) is 0 Å². The van der Waals surface area contributed by atoms with Gasteiger partial charge in [0.2, 0.25) is 0 Å². The van der Waals surface area contributed by atoms with E-state index in [-0.39, 0.29) is 0 Å². The smallest absolute Gasteiger partial charge is 0.180 e. The van der Waals surface area contributed by atoms with Crippen molar-refractivity contribution >= 4 is 11.2 Å². The molecule has 0 saturated carbocycles. The third-order valence-corrected chi connectivity index (χ3v) is 1.76. The second kappa shape index (κ2) is 3.35. The summed E-state index contributed by atoms with van der Waals surface area (Å²) in [7, 11) is 0. The predicted molar refractivity (Wildman–Crippen MR) is 50.2 cm³/mol. The van der Waals surface area contributed by atoms with Crippen molar-refractivity contribution in [2.75, 3.05) is 0 Å². The van der Waals surface area contributed by atoms with Crippen molar-refractivity contribution in [1.29, 1.82) is 0 Å². The van der Waals surface area contributed by atoms with Gasteiger partial charge < -0.3 is 4.98 Å². The van der Waals surface area contributed by atoms with Crippen molar-refractivity contribution in [3.63, 3.8) is 0 Å². The quantitative estimate of drug-likeness (QED) is 0.701. The van der Waals surface area contributed by atoms with E-state index in [1.807, 2.05) is 19.1 Å². The minimum atomic E-state index is 0.731. The van der Waals surface area contributed by atoms with Crippen molar-refractivity contribution in [3.05, 3.63) is 30.5 Å². The maximum Gasteiger partial charge on any atom is 0.180 e. The van der Waals surface area contributed by atoms with Crippen LogP contribution in [0.3, 0.4) is 0 Å². The van der Waals surface area contributed by atoms with Gasteiger partial charge in [0, 0.05) is 6.42 Å². The molecule has 4 nitrogen and oxygen atoms in total. The van der Waals surface area contributed by atoms with Crippen LogP contribution >= 0.6 is 0 Å². The second-order valence-electron chi connectivity index (χ2n) is 2.70. The number of hydrogen-bond donors (Lipinski definition) is 1. The van der Waals surface area contributed by atoms with Crippen LogP contribution in [0, 0.1) is 0 Å². The molecule has 13 heavy (non-hydrogen) atoms. The maximum atomic E-state index is 4.27. The molecule has 0 aliphatic carbocycles. The molecule has 4 heteroatoms. The highest BCUT2D eigenvalue weighted by atomic mass is 15.0. The zero-order valence-corrected chi connectivity index (χ0v) is 7.36. The van der Waals surface area contributed by atoms with Crippen LogP contribution in [0.2, 0.25) is 0 Å². The lowest BCUT2D eigenvalue weighted by molar-refractivity contribution is 1.01. The van der Waals surface area contributed by atoms with Gasteiger partial charge in [-0.3, -0.25) is 0 Å². The van der Waals surface area contributed by atoms with E-state index in [0.29, 0.717) is 0 Å². The Balaban J connectivity index is 2.36. The predicted octanol–water partition coefficient (Wildman–Crippen LogP) is 1.47. The summed E-state index contributed by atoms with van der Waals surface area (Å²) in [6, 6.07) is 0. The van der Waals surface area contributed by atoms with Crippen molar-refractivity contribution < 1.29 is 0 Å². The normalized spacial score (nSPS) is 11.5. The van der Waals surface area contributed by atoms with Crippen LogP contribution in [-0.2, 0) is 6.42 Å². The summed E-state index contributed by atoms with van der Waals surface area (Å²) in [5.74, 6) is 0.803. The summed E-state index contributed by atoms with van der Waals surface area (Å²) in [6.45, 7) is 1.98. The summed E-state index contributed by atoms with van der Waals surface area (Å²) < 4.78 is 0. The van der Waals surface area contributed by atoms with Crippen molar-refractivity contribution in [3.8, 4) is 0 Å². The van der Waals surface area contributed by atoms with Gasteiger partial charge in [0.1, 0.15) is 11.3 Å². The van der Waals surface area contributed by atoms with E-state index in [1.165, 1.54) is 0 Å². The van der Waals surface area contributed by atoms with E-state index in [9.17, 15) is 0 Å². The molecule has 2 aromatic heterocycles. The molecule has 0 spiro atoms. The van der Waals surface area contributed by atoms with E-state index in [0.717, 1.165) is 23.4 Å². The van der Waals surface area contributed by atoms with Crippen LogP contribution in [0.5, 0.6) is 0 Å². The standard InChI is InChI=1S/C9H10N4/c1-2-3-4-8-10-5-7-9(13-8)12-6-11-7/h2-3,5-6H,4H2,1H3,(H,10,11,12,13). The zero-order chi connectivity index (χ0) is 9.10. The third kappa shape index (κ3) is 1.56. The van der Waals surface area contributed by atoms with Crippen molar-refractivity contribution in [1.82, 2.24) is 19.9 Å². The molecular formula is C9H10N4. The fourth-order valence-corrected chi connectivity index (χ4v) is 1.09. The number of aromatic amines is 1. The number of aromatic nitrogens is 4. The van der Waals surface area contributed by atoms with Crippen LogP contribution in [0.4, 0.5) is 0 Å². The molecule has 0 fully saturated rings. The summed E-state index contributed by atoms with van der Waals surface area (Å²) in [6.07, 6.45) is 8.15. The Hall–Kier alpha value is -1.71. The zero-order valence-electron chi connectivity index (χ0n) is 7.36. The number of H-pyrrole nitrogens is 1. The highest BCUT2D eigenvalue weighted by Crippen LogP contribution is 2.04. The Bertz CT molecular complexity index is 430. The number of nitrogens with zero attached hydrogens (tertiary/aromatic N) is 3. The Morgan fingerprint density at radius 3 is 3.23 bits per heavy atom. The lowest BCUT2D eigenvalue weighted by Gasteiger charge is -1.93. The highest BCUT2D eigenvalue weighted by Gasteiger charge is 1.99. The molecule has 66 valence electrons. The van der Waals surface area contributed by atoms with E-state index >= 15 is 0 Å². The van der Waals surface area contributed by atoms with Crippen LogP contribution in [0.25, 0.3) is 11.2 Å². The number of allylic oxidation sites excluding steroid dienone is 2. The largest absolute Gasteiger partial charge is 0.342 e. The van der Waals surface area contributed by atoms with Gasteiger partial charge in [0.25, 0.3) is 0 Å². The molecule has 0 aliphatic rings. The molecule has 0 aliphatic heterocycles. The Labute approximate surface area is 75.8 Å². The fraction of sp³-hybridized carbons (Fsp3) is 0.222. The Morgan fingerprint density at radius 2 is 2.38 bits per heavy atom. The Kier molecular flexibility index (Phi) is 2.04. The summed E-state index contributed by atoms with van der Waals surface area (Å²) >= 11 is 0. The van der Waals surface area contributed by atoms with Crippen LogP contribution in [-0.4, -0.2) is 19.9 Å². The summed E-state index contributed by atoms with van der Waals surface area (Å²) in [5.41, 5.74) is 1.61. The summed E-state index contributed by atoms with van der Waals surface area (Å²) in [5, 5.41) is 0. The third-order valence-electron chi connectivity index (χ3n) is 1.76. The first-order valence-corrected chi connectivity index (χ1v) is 4.16. The number of rotatable bonds is 2. The first-order chi connectivity index (χ1) is 6.40. The van der Waals surface area contributed by atoms with Crippen LogP contribution in [0.15, 0.2) is 24.7 Å². The van der Waals surface area contributed by atoms with E-state index < -0.39 is 0 Å². The van der Waals surface area contributed by atoms with Gasteiger partial charge in [-0.2, -0.15) is 0 Å². The number of imidazole rings is 1. The van der Waals surface area contributed by atoms with Gasteiger partial charge >= 0.3 is 0 Å². The van der Waals surface area contributed by atoms with Crippen LogP contribution in [0.1, 0.15) is 12.7 Å². The van der Waals surface area contributed by atoms with Gasteiger partial charge in [-0.15, -0.1) is 0 Å². The molecule has 2 aromatic rings. The summed E-state index contributed by atoms with van der Waals surface area (Å²) in [4.78, 5) is 15.5. The van der Waals surface area contributed by atoms with Crippen LogP contribution < -0.4 is 0 Å². The molecule has 0 unspecified atom stereocenters. The molecule has 0 aromatic carbocycles. The lowest BCUT2D eigenvalue weighted by atomic mass is 10.3. The molecule has 0 atom stereocenters. The molecule has 1 N–H and O–H groups in total. The van der Waals surface area contributed by atoms with E-state index in [2.05, 4.69) is 19.9 Å². The monoisotopic (exact) mass is 174 g/mol. The number of nitrogens with one attached hydrogen (secondary N) is 1. The second-order valence-corrected chi connectivity index (χ2v) is 2.70. The van der Waals surface area contributed by atoms with E-state index in [4.69, 9.17) is 0 Å². The average molecular weight is 174 g/mol. The van der Waals surface area contributed by atoms with Gasteiger partial charge in [-0.05, 0) is 6.92 Å². The lowest BCUT2D eigenvalue weighted by Crippen LogP contribution is -1.92. The maximum absolute atomic E-state index is 4.27. The first kappa shape index (κ1) is 7.91. The molecule has 2 rings (SSSR count). The SMILES string of the molecule is CC=CCc1ncc2[nH]cnc2n1. The van der Waals surface area contributed by atoms with Gasteiger partial charge in [0.05, 0.1) is 12.5 Å². The molecular weight excluding hydrogens is 164 g/mol. The molecule has 2 heterocycles. The number of fused-ring (bicyclic) bond motifs is 1. The molecule has 0 bridgehead atoms. The highest BCUT2D eigenvalue weighted by molar-refractivity contribution is 5.68. The minimum Gasteiger partial charge on any atom is -0.342 e. The average Bonchev–Trinajstić information content (AvgIpc) is 2.61. The molecule has 0 saturated heterocycles. The van der Waals surface area contributed by atoms with Gasteiger partial charge in [-0.25, -0.2) is 15.0 Å². The van der Waals surface area contributed by atoms with Crippen molar-refractivity contribution in [2.45, 2.75) is 13.3 Å². The van der Waals surface area contributed by atoms with E-state index in [1.54, 1.807) is 12.5 Å².